The highest BCUT2D eigenvalue weighted by Gasteiger charge is 2.35. The number of nitrogens with zero attached hydrogens (tertiary/aromatic N) is 2. The molecule has 3 nitrogen and oxygen atoms in total. The topological polar surface area (TPSA) is 36.4 Å². The van der Waals surface area contributed by atoms with E-state index in [2.05, 4.69) is 16.0 Å². The molecule has 18 heavy (non-hydrogen) atoms. The molecule has 3 heteroatoms. The summed E-state index contributed by atoms with van der Waals surface area (Å²) < 4.78 is 0. The van der Waals surface area contributed by atoms with Crippen LogP contribution in [0.15, 0.2) is 18.3 Å². The van der Waals surface area contributed by atoms with Crippen LogP contribution in [0.3, 0.4) is 0 Å². The molecular formula is C15H22N2O. The Morgan fingerprint density at radius 3 is 3.00 bits per heavy atom. The average molecular weight is 246 g/mol. The third kappa shape index (κ3) is 2.12. The van der Waals surface area contributed by atoms with E-state index in [0.717, 1.165) is 23.8 Å². The minimum Gasteiger partial charge on any atom is -0.389 e. The summed E-state index contributed by atoms with van der Waals surface area (Å²) in [6.07, 6.45) is 8.15. The molecule has 3 rings (SSSR count). The van der Waals surface area contributed by atoms with Crippen LogP contribution in [0.25, 0.3) is 0 Å². The maximum Gasteiger partial charge on any atom is 0.129 e. The highest BCUT2D eigenvalue weighted by atomic mass is 16.3. The number of pyridine rings is 1. The lowest BCUT2D eigenvalue weighted by atomic mass is 9.92. The zero-order valence-corrected chi connectivity index (χ0v) is 11.0. The van der Waals surface area contributed by atoms with Crippen LogP contribution in [0.4, 0.5) is 5.82 Å². The molecule has 0 bridgehead atoms. The van der Waals surface area contributed by atoms with E-state index in [1.165, 1.54) is 32.1 Å². The van der Waals surface area contributed by atoms with Crippen LogP contribution in [0.5, 0.6) is 0 Å². The number of anilines is 1. The van der Waals surface area contributed by atoms with Crippen LogP contribution in [0, 0.1) is 5.92 Å². The maximum absolute atomic E-state index is 9.69. The molecule has 98 valence electrons. The van der Waals surface area contributed by atoms with Crippen LogP contribution in [-0.4, -0.2) is 22.7 Å². The van der Waals surface area contributed by atoms with Gasteiger partial charge in [0.05, 0.1) is 6.10 Å². The Morgan fingerprint density at radius 1 is 1.33 bits per heavy atom. The van der Waals surface area contributed by atoms with E-state index in [1.54, 1.807) is 0 Å². The zero-order valence-electron chi connectivity index (χ0n) is 11.0. The maximum atomic E-state index is 9.69. The van der Waals surface area contributed by atoms with Gasteiger partial charge in [-0.25, -0.2) is 4.98 Å². The van der Waals surface area contributed by atoms with Crippen molar-refractivity contribution in [2.24, 2.45) is 5.92 Å². The van der Waals surface area contributed by atoms with E-state index in [4.69, 9.17) is 0 Å². The highest BCUT2D eigenvalue weighted by Crippen LogP contribution is 2.38. The second kappa shape index (κ2) is 4.88. The van der Waals surface area contributed by atoms with Crippen molar-refractivity contribution in [1.29, 1.82) is 0 Å². The average Bonchev–Trinajstić information content (AvgIpc) is 2.87. The SMILES string of the molecule is C[C@@H](O)c1ccnc(N2CCCC3CCCC32)c1. The Morgan fingerprint density at radius 2 is 2.17 bits per heavy atom. The van der Waals surface area contributed by atoms with Crippen molar-refractivity contribution < 1.29 is 5.11 Å². The molecule has 1 N–H and O–H groups in total. The fraction of sp³-hybridized carbons (Fsp3) is 0.667. The lowest BCUT2D eigenvalue weighted by molar-refractivity contribution is 0.199. The molecular weight excluding hydrogens is 224 g/mol. The monoisotopic (exact) mass is 246 g/mol. The van der Waals surface area contributed by atoms with Gasteiger partial charge in [-0.2, -0.15) is 0 Å². The molecule has 0 aromatic carbocycles. The van der Waals surface area contributed by atoms with E-state index in [1.807, 2.05) is 19.2 Å². The second-order valence-electron chi connectivity index (χ2n) is 5.72. The molecule has 0 spiro atoms. The largest absolute Gasteiger partial charge is 0.389 e. The summed E-state index contributed by atoms with van der Waals surface area (Å²) in [6.45, 7) is 2.94. The van der Waals surface area contributed by atoms with Gasteiger partial charge in [0.2, 0.25) is 0 Å². The molecule has 2 aliphatic rings. The van der Waals surface area contributed by atoms with Crippen molar-refractivity contribution in [2.45, 2.75) is 51.2 Å². The van der Waals surface area contributed by atoms with Gasteiger partial charge < -0.3 is 10.0 Å². The minimum atomic E-state index is -0.407. The summed E-state index contributed by atoms with van der Waals surface area (Å²) in [6, 6.07) is 4.66. The predicted molar refractivity (Wildman–Crippen MR) is 72.6 cm³/mol. The van der Waals surface area contributed by atoms with Gasteiger partial charge in [-0.15, -0.1) is 0 Å². The smallest absolute Gasteiger partial charge is 0.129 e. The van der Waals surface area contributed by atoms with Gasteiger partial charge in [0, 0.05) is 18.8 Å². The molecule has 0 amide bonds. The molecule has 1 saturated carbocycles. The number of aliphatic hydroxyl groups excluding tert-OH is 1. The fourth-order valence-electron chi connectivity index (χ4n) is 3.59. The molecule has 1 saturated heterocycles. The first kappa shape index (κ1) is 12.0. The van der Waals surface area contributed by atoms with Crippen LogP contribution < -0.4 is 4.90 Å². The Labute approximate surface area is 109 Å². The quantitative estimate of drug-likeness (QED) is 0.871. The van der Waals surface area contributed by atoms with Gasteiger partial charge in [0.15, 0.2) is 0 Å². The lowest BCUT2D eigenvalue weighted by Gasteiger charge is -2.38. The van der Waals surface area contributed by atoms with Crippen molar-refractivity contribution in [3.63, 3.8) is 0 Å². The Hall–Kier alpha value is -1.09. The third-order valence-corrected chi connectivity index (χ3v) is 4.54. The normalized spacial score (nSPS) is 29.1. The molecule has 2 unspecified atom stereocenters. The van der Waals surface area contributed by atoms with Crippen molar-refractivity contribution in [1.82, 2.24) is 4.98 Å². The molecule has 2 heterocycles. The molecule has 1 aromatic rings. The number of fused-ring (bicyclic) bond motifs is 1. The molecule has 2 fully saturated rings. The Kier molecular flexibility index (Phi) is 3.25. The second-order valence-corrected chi connectivity index (χ2v) is 5.72. The summed E-state index contributed by atoms with van der Waals surface area (Å²) >= 11 is 0. The summed E-state index contributed by atoms with van der Waals surface area (Å²) in [7, 11) is 0. The van der Waals surface area contributed by atoms with Crippen LogP contribution in [-0.2, 0) is 0 Å². The van der Waals surface area contributed by atoms with Gasteiger partial charge in [-0.1, -0.05) is 6.42 Å². The van der Waals surface area contributed by atoms with Crippen molar-refractivity contribution in [3.8, 4) is 0 Å². The predicted octanol–water partition coefficient (Wildman–Crippen LogP) is 2.90. The van der Waals surface area contributed by atoms with Gasteiger partial charge in [-0.05, 0) is 56.2 Å². The number of aliphatic hydroxyl groups is 1. The minimum absolute atomic E-state index is 0.407. The number of aromatic nitrogens is 1. The third-order valence-electron chi connectivity index (χ3n) is 4.54. The molecule has 1 aromatic heterocycles. The standard InChI is InChI=1S/C15H22N2O/c1-11(18)13-7-8-16-15(10-13)17-9-3-5-12-4-2-6-14(12)17/h7-8,10-12,14,18H,2-6,9H2,1H3/t11-,12?,14?/m1/s1. The van der Waals surface area contributed by atoms with Gasteiger partial charge in [0.25, 0.3) is 0 Å². The first-order valence-corrected chi connectivity index (χ1v) is 7.16. The molecule has 1 aliphatic carbocycles. The summed E-state index contributed by atoms with van der Waals surface area (Å²) in [4.78, 5) is 7.00. The summed E-state index contributed by atoms with van der Waals surface area (Å²) in [5, 5.41) is 9.69. The molecule has 3 atom stereocenters. The molecule has 0 radical (unpaired) electrons. The number of hydrogen-bond acceptors (Lipinski definition) is 3. The van der Waals surface area contributed by atoms with Crippen molar-refractivity contribution >= 4 is 5.82 Å². The summed E-state index contributed by atoms with van der Waals surface area (Å²) in [5.74, 6) is 1.93. The van der Waals surface area contributed by atoms with Crippen molar-refractivity contribution in [2.75, 3.05) is 11.4 Å². The van der Waals surface area contributed by atoms with E-state index in [-0.39, 0.29) is 0 Å². The van der Waals surface area contributed by atoms with E-state index in [9.17, 15) is 5.11 Å². The summed E-state index contributed by atoms with van der Waals surface area (Å²) in [5.41, 5.74) is 0.972. The first-order valence-electron chi connectivity index (χ1n) is 7.16. The number of piperidine rings is 1. The first-order chi connectivity index (χ1) is 8.75. The van der Waals surface area contributed by atoms with Gasteiger partial charge in [-0.3, -0.25) is 0 Å². The van der Waals surface area contributed by atoms with Crippen LogP contribution >= 0.6 is 0 Å². The number of hydrogen-bond donors (Lipinski definition) is 1. The highest BCUT2D eigenvalue weighted by molar-refractivity contribution is 5.43. The van der Waals surface area contributed by atoms with Crippen molar-refractivity contribution in [3.05, 3.63) is 23.9 Å². The van der Waals surface area contributed by atoms with E-state index >= 15 is 0 Å². The van der Waals surface area contributed by atoms with Gasteiger partial charge in [0.1, 0.15) is 5.82 Å². The fourth-order valence-corrected chi connectivity index (χ4v) is 3.59. The number of rotatable bonds is 2. The Bertz CT molecular complexity index is 419. The van der Waals surface area contributed by atoms with Crippen LogP contribution in [0.2, 0.25) is 0 Å². The van der Waals surface area contributed by atoms with E-state index < -0.39 is 6.10 Å². The zero-order chi connectivity index (χ0) is 12.5. The Balaban J connectivity index is 1.86. The van der Waals surface area contributed by atoms with Gasteiger partial charge >= 0.3 is 0 Å². The van der Waals surface area contributed by atoms with E-state index in [0.29, 0.717) is 6.04 Å². The lowest BCUT2D eigenvalue weighted by Crippen LogP contribution is -2.43. The van der Waals surface area contributed by atoms with Crippen LogP contribution in [0.1, 0.15) is 50.7 Å². The molecule has 1 aliphatic heterocycles.